The highest BCUT2D eigenvalue weighted by atomic mass is 32.2. The summed E-state index contributed by atoms with van der Waals surface area (Å²) in [6.07, 6.45) is 4.41. The Balaban J connectivity index is 2.30. The molecule has 2 rings (SSSR count). The van der Waals surface area contributed by atoms with Crippen LogP contribution in [0.1, 0.15) is 26.7 Å². The van der Waals surface area contributed by atoms with Gasteiger partial charge in [-0.05, 0) is 18.6 Å². The molecule has 2 heteroatoms. The number of hydrogen-bond donors (Lipinski definition) is 1. The van der Waals surface area contributed by atoms with E-state index in [0.29, 0.717) is 5.92 Å². The molecule has 0 spiro atoms. The maximum absolute atomic E-state index is 3.94. The highest BCUT2D eigenvalue weighted by molar-refractivity contribution is 8.01. The van der Waals surface area contributed by atoms with Crippen molar-refractivity contribution in [2.75, 3.05) is 5.32 Å². The molecule has 1 aromatic carbocycles. The lowest BCUT2D eigenvalue weighted by molar-refractivity contribution is 0.490. The van der Waals surface area contributed by atoms with Crippen molar-refractivity contribution in [1.29, 1.82) is 0 Å². The van der Waals surface area contributed by atoms with E-state index in [1.54, 1.807) is 0 Å². The zero-order valence-corrected chi connectivity index (χ0v) is 10.8. The van der Waals surface area contributed by atoms with Crippen molar-refractivity contribution in [3.63, 3.8) is 0 Å². The molecule has 2 unspecified atom stereocenters. The summed E-state index contributed by atoms with van der Waals surface area (Å²) in [6, 6.07) is 8.55. The molecule has 0 saturated heterocycles. The molecule has 1 N–H and O–H groups in total. The van der Waals surface area contributed by atoms with Crippen molar-refractivity contribution in [2.24, 2.45) is 5.92 Å². The van der Waals surface area contributed by atoms with E-state index in [9.17, 15) is 0 Å². The van der Waals surface area contributed by atoms with Crippen LogP contribution in [0.3, 0.4) is 0 Å². The fraction of sp³-hybridized carbons (Fsp3) is 0.429. The molecule has 2 atom stereocenters. The third kappa shape index (κ3) is 1.86. The molecule has 86 valence electrons. The topological polar surface area (TPSA) is 12.0 Å². The first-order valence-electron chi connectivity index (χ1n) is 5.90. The number of thioether (sulfide) groups is 1. The van der Waals surface area contributed by atoms with E-state index in [2.05, 4.69) is 56.1 Å². The molecule has 1 nitrogen and oxygen atoms in total. The molecule has 0 fully saturated rings. The standard InChI is InChI=1S/C14H19NS/c1-4-10-14(11(3)5-2)15-12-8-6-7-9-13(12)16-14/h5-9,11,15H,2,4,10H2,1,3H3. The van der Waals surface area contributed by atoms with Gasteiger partial charge in [0.25, 0.3) is 0 Å². The molecular formula is C14H19NS. The molecule has 1 aliphatic heterocycles. The van der Waals surface area contributed by atoms with Crippen LogP contribution in [-0.4, -0.2) is 4.87 Å². The molecule has 0 aliphatic carbocycles. The van der Waals surface area contributed by atoms with Crippen molar-refractivity contribution >= 4 is 17.4 Å². The van der Waals surface area contributed by atoms with Gasteiger partial charge in [0, 0.05) is 16.5 Å². The van der Waals surface area contributed by atoms with Crippen LogP contribution in [0.25, 0.3) is 0 Å². The first-order chi connectivity index (χ1) is 7.72. The van der Waals surface area contributed by atoms with E-state index in [-0.39, 0.29) is 4.87 Å². The summed E-state index contributed by atoms with van der Waals surface area (Å²) in [7, 11) is 0. The highest BCUT2D eigenvalue weighted by Gasteiger charge is 2.40. The molecule has 0 amide bonds. The molecule has 0 saturated carbocycles. The fourth-order valence-corrected chi connectivity index (χ4v) is 3.74. The van der Waals surface area contributed by atoms with Crippen molar-refractivity contribution < 1.29 is 0 Å². The van der Waals surface area contributed by atoms with Crippen molar-refractivity contribution in [3.8, 4) is 0 Å². The van der Waals surface area contributed by atoms with Crippen LogP contribution in [0, 0.1) is 5.92 Å². The van der Waals surface area contributed by atoms with Crippen molar-refractivity contribution in [3.05, 3.63) is 36.9 Å². The van der Waals surface area contributed by atoms with Gasteiger partial charge in [-0.25, -0.2) is 0 Å². The van der Waals surface area contributed by atoms with Gasteiger partial charge in [-0.1, -0.05) is 50.2 Å². The van der Waals surface area contributed by atoms with Crippen LogP contribution < -0.4 is 5.32 Å². The number of fused-ring (bicyclic) bond motifs is 1. The van der Waals surface area contributed by atoms with E-state index >= 15 is 0 Å². The van der Waals surface area contributed by atoms with Crippen LogP contribution in [0.15, 0.2) is 41.8 Å². The van der Waals surface area contributed by atoms with Crippen molar-refractivity contribution in [1.82, 2.24) is 0 Å². The predicted octanol–water partition coefficient (Wildman–Crippen LogP) is 4.52. The van der Waals surface area contributed by atoms with Crippen LogP contribution in [0.5, 0.6) is 0 Å². The molecule has 1 heterocycles. The Labute approximate surface area is 102 Å². The Kier molecular flexibility index (Phi) is 3.29. The largest absolute Gasteiger partial charge is 0.369 e. The lowest BCUT2D eigenvalue weighted by Crippen LogP contribution is -2.37. The van der Waals surface area contributed by atoms with Gasteiger partial charge in [0.05, 0.1) is 4.87 Å². The van der Waals surface area contributed by atoms with Crippen LogP contribution in [0.2, 0.25) is 0 Å². The maximum atomic E-state index is 3.94. The Hall–Kier alpha value is -0.890. The van der Waals surface area contributed by atoms with E-state index in [0.717, 1.165) is 0 Å². The first-order valence-corrected chi connectivity index (χ1v) is 6.72. The molecule has 0 bridgehead atoms. The number of para-hydroxylation sites is 1. The Morgan fingerprint density at radius 2 is 2.25 bits per heavy atom. The minimum absolute atomic E-state index is 0.111. The lowest BCUT2D eigenvalue weighted by Gasteiger charge is -2.33. The molecule has 1 aliphatic rings. The zero-order valence-electron chi connectivity index (χ0n) is 9.99. The zero-order chi connectivity index (χ0) is 11.6. The summed E-state index contributed by atoms with van der Waals surface area (Å²) >= 11 is 1.96. The highest BCUT2D eigenvalue weighted by Crippen LogP contribution is 2.51. The molecule has 1 aromatic rings. The summed E-state index contributed by atoms with van der Waals surface area (Å²) in [5, 5.41) is 3.69. The van der Waals surface area contributed by atoms with Crippen LogP contribution in [-0.2, 0) is 0 Å². The number of rotatable bonds is 4. The normalized spacial score (nSPS) is 24.6. The third-order valence-corrected chi connectivity index (χ3v) is 4.85. The van der Waals surface area contributed by atoms with E-state index in [1.165, 1.54) is 23.4 Å². The second kappa shape index (κ2) is 4.54. The average molecular weight is 233 g/mol. The first kappa shape index (κ1) is 11.6. The van der Waals surface area contributed by atoms with Gasteiger partial charge in [-0.3, -0.25) is 0 Å². The van der Waals surface area contributed by atoms with E-state index in [1.807, 2.05) is 11.8 Å². The number of benzene rings is 1. The van der Waals surface area contributed by atoms with Gasteiger partial charge in [-0.15, -0.1) is 6.58 Å². The smallest absolute Gasteiger partial charge is 0.0940 e. The van der Waals surface area contributed by atoms with Gasteiger partial charge in [-0.2, -0.15) is 0 Å². The molecule has 16 heavy (non-hydrogen) atoms. The quantitative estimate of drug-likeness (QED) is 0.767. The molecular weight excluding hydrogens is 214 g/mol. The minimum Gasteiger partial charge on any atom is -0.369 e. The van der Waals surface area contributed by atoms with Gasteiger partial charge in [0.15, 0.2) is 0 Å². The van der Waals surface area contributed by atoms with Crippen LogP contribution >= 0.6 is 11.8 Å². The fourth-order valence-electron chi connectivity index (χ4n) is 2.22. The second-order valence-corrected chi connectivity index (χ2v) is 5.76. The second-order valence-electron chi connectivity index (χ2n) is 4.39. The number of nitrogens with one attached hydrogen (secondary N) is 1. The van der Waals surface area contributed by atoms with E-state index in [4.69, 9.17) is 0 Å². The van der Waals surface area contributed by atoms with Crippen molar-refractivity contribution in [2.45, 2.75) is 36.5 Å². The monoisotopic (exact) mass is 233 g/mol. The van der Waals surface area contributed by atoms with Crippen LogP contribution in [0.4, 0.5) is 5.69 Å². The minimum atomic E-state index is 0.111. The van der Waals surface area contributed by atoms with Gasteiger partial charge in [0.2, 0.25) is 0 Å². The lowest BCUT2D eigenvalue weighted by atomic mass is 9.96. The molecule has 0 radical (unpaired) electrons. The summed E-state index contributed by atoms with van der Waals surface area (Å²) < 4.78 is 0. The number of anilines is 1. The van der Waals surface area contributed by atoms with Gasteiger partial charge in [0.1, 0.15) is 0 Å². The summed E-state index contributed by atoms with van der Waals surface area (Å²) in [4.78, 5) is 1.48. The average Bonchev–Trinajstić information content (AvgIpc) is 2.67. The number of hydrogen-bond acceptors (Lipinski definition) is 2. The summed E-state index contributed by atoms with van der Waals surface area (Å²) in [5.41, 5.74) is 1.27. The Morgan fingerprint density at radius 1 is 1.50 bits per heavy atom. The van der Waals surface area contributed by atoms with Gasteiger partial charge >= 0.3 is 0 Å². The Bertz CT molecular complexity index is 361. The predicted molar refractivity (Wildman–Crippen MR) is 72.9 cm³/mol. The van der Waals surface area contributed by atoms with E-state index < -0.39 is 0 Å². The summed E-state index contributed by atoms with van der Waals surface area (Å²) in [5.74, 6) is 0.463. The summed E-state index contributed by atoms with van der Waals surface area (Å²) in [6.45, 7) is 8.43. The Morgan fingerprint density at radius 3 is 2.88 bits per heavy atom. The SMILES string of the molecule is C=CC(C)C1(CCC)Nc2ccccc2S1. The third-order valence-electron chi connectivity index (χ3n) is 3.24. The molecule has 0 aromatic heterocycles. The van der Waals surface area contributed by atoms with Gasteiger partial charge < -0.3 is 5.32 Å². The maximum Gasteiger partial charge on any atom is 0.0940 e.